The number of nitrogens with zero attached hydrogens (tertiary/aromatic N) is 4. The van der Waals surface area contributed by atoms with Gasteiger partial charge in [-0.05, 0) is 19.1 Å². The van der Waals surface area contributed by atoms with E-state index in [4.69, 9.17) is 21.1 Å². The fraction of sp³-hybridized carbons (Fsp3) is 0.263. The van der Waals surface area contributed by atoms with E-state index < -0.39 is 17.8 Å². The quantitative estimate of drug-likeness (QED) is 0.595. The largest absolute Gasteiger partial charge is 0.491 e. The summed E-state index contributed by atoms with van der Waals surface area (Å²) in [6.07, 6.45) is 2.93. The highest BCUT2D eigenvalue weighted by Gasteiger charge is 2.25. The molecule has 150 valence electrons. The summed E-state index contributed by atoms with van der Waals surface area (Å²) >= 11 is 6.18. The molecular weight excluding hydrogens is 403 g/mol. The summed E-state index contributed by atoms with van der Waals surface area (Å²) in [5.41, 5.74) is 0.835. The average Bonchev–Trinajstić information content (AvgIpc) is 3.12. The molecule has 0 spiro atoms. The van der Waals surface area contributed by atoms with E-state index >= 15 is 0 Å². The number of aromatic nitrogens is 3. The second kappa shape index (κ2) is 7.67. The molecule has 1 amide bonds. The Kier molecular flexibility index (Phi) is 5.06. The van der Waals surface area contributed by atoms with Gasteiger partial charge in [-0.15, -0.1) is 0 Å². The Morgan fingerprint density at radius 3 is 3.00 bits per heavy atom. The van der Waals surface area contributed by atoms with Crippen LogP contribution in [0, 0.1) is 5.82 Å². The summed E-state index contributed by atoms with van der Waals surface area (Å²) in [7, 11) is 0. The third-order valence-corrected chi connectivity index (χ3v) is 4.96. The number of hydrogen-bond donors (Lipinski definition) is 0. The Labute approximate surface area is 169 Å². The predicted molar refractivity (Wildman–Crippen MR) is 101 cm³/mol. The lowest BCUT2D eigenvalue weighted by atomic mass is 10.1. The van der Waals surface area contributed by atoms with Gasteiger partial charge in [0, 0.05) is 12.3 Å². The molecule has 1 aliphatic rings. The van der Waals surface area contributed by atoms with Crippen molar-refractivity contribution in [3.05, 3.63) is 52.6 Å². The molecule has 1 aromatic carbocycles. The number of halogens is 2. The molecule has 0 N–H and O–H groups in total. The summed E-state index contributed by atoms with van der Waals surface area (Å²) in [6.45, 7) is 1.76. The first-order valence-corrected chi connectivity index (χ1v) is 9.22. The molecule has 0 fully saturated rings. The van der Waals surface area contributed by atoms with Crippen molar-refractivity contribution in [1.82, 2.24) is 19.5 Å². The molecule has 3 aromatic rings. The van der Waals surface area contributed by atoms with Gasteiger partial charge in [-0.25, -0.2) is 8.91 Å². The van der Waals surface area contributed by atoms with E-state index in [2.05, 4.69) is 10.1 Å². The minimum absolute atomic E-state index is 0.0662. The van der Waals surface area contributed by atoms with Crippen molar-refractivity contribution >= 4 is 29.4 Å². The molecule has 2 aromatic heterocycles. The molecule has 1 atom stereocenters. The zero-order chi connectivity index (χ0) is 20.5. The highest BCUT2D eigenvalue weighted by molar-refractivity contribution is 6.31. The van der Waals surface area contributed by atoms with E-state index in [9.17, 15) is 14.0 Å². The Balaban J connectivity index is 1.85. The summed E-state index contributed by atoms with van der Waals surface area (Å²) in [6, 6.07) is 4.22. The van der Waals surface area contributed by atoms with E-state index in [1.807, 2.05) is 0 Å². The molecular formula is C19H16ClFN4O4. The Bertz CT molecular complexity index is 1100. The summed E-state index contributed by atoms with van der Waals surface area (Å²) in [4.78, 5) is 29.7. The smallest absolute Gasteiger partial charge is 0.259 e. The molecule has 4 rings (SSSR count). The average molecular weight is 419 g/mol. The van der Waals surface area contributed by atoms with E-state index in [1.54, 1.807) is 19.2 Å². The first-order valence-electron chi connectivity index (χ1n) is 8.84. The monoisotopic (exact) mass is 418 g/mol. The summed E-state index contributed by atoms with van der Waals surface area (Å²) in [5.74, 6) is -0.490. The molecule has 3 heterocycles. The Morgan fingerprint density at radius 1 is 1.38 bits per heavy atom. The summed E-state index contributed by atoms with van der Waals surface area (Å²) < 4.78 is 27.1. The third-order valence-electron chi connectivity index (χ3n) is 4.57. The molecule has 1 aliphatic heterocycles. The van der Waals surface area contributed by atoms with E-state index in [0.29, 0.717) is 17.6 Å². The lowest BCUT2D eigenvalue weighted by Crippen LogP contribution is -2.36. The van der Waals surface area contributed by atoms with Gasteiger partial charge in [0.2, 0.25) is 5.88 Å². The number of ether oxygens (including phenoxy) is 2. The molecule has 0 saturated carbocycles. The highest BCUT2D eigenvalue weighted by Crippen LogP contribution is 2.36. The van der Waals surface area contributed by atoms with Gasteiger partial charge >= 0.3 is 0 Å². The van der Waals surface area contributed by atoms with Gasteiger partial charge in [-0.3, -0.25) is 4.79 Å². The maximum Gasteiger partial charge on any atom is 0.259 e. The number of carbonyl (C=O) groups excluding carboxylic acids is 2. The van der Waals surface area contributed by atoms with E-state index in [-0.39, 0.29) is 41.8 Å². The number of aldehydes is 1. The van der Waals surface area contributed by atoms with Crippen LogP contribution in [-0.2, 0) is 4.79 Å². The van der Waals surface area contributed by atoms with Crippen molar-refractivity contribution in [2.75, 3.05) is 19.7 Å². The normalized spacial score (nSPS) is 17.0. The minimum atomic E-state index is -0.683. The van der Waals surface area contributed by atoms with Crippen LogP contribution in [-0.4, -0.2) is 51.4 Å². The van der Waals surface area contributed by atoms with Gasteiger partial charge in [0.1, 0.15) is 36.1 Å². The van der Waals surface area contributed by atoms with Crippen LogP contribution in [0.3, 0.4) is 0 Å². The van der Waals surface area contributed by atoms with Gasteiger partial charge in [0.05, 0.1) is 29.9 Å². The predicted octanol–water partition coefficient (Wildman–Crippen LogP) is 2.70. The molecule has 0 radical (unpaired) electrons. The highest BCUT2D eigenvalue weighted by atomic mass is 35.5. The molecule has 29 heavy (non-hydrogen) atoms. The number of benzene rings is 1. The topological polar surface area (TPSA) is 86.0 Å². The van der Waals surface area contributed by atoms with Crippen LogP contribution < -0.4 is 9.47 Å². The second-order valence-corrected chi connectivity index (χ2v) is 6.77. The molecule has 2 bridgehead atoms. The summed E-state index contributed by atoms with van der Waals surface area (Å²) in [5, 5.41) is 4.01. The second-order valence-electron chi connectivity index (χ2n) is 6.39. The van der Waals surface area contributed by atoms with Crippen molar-refractivity contribution in [1.29, 1.82) is 0 Å². The number of fused-ring (bicyclic) bond motifs is 2. The van der Waals surface area contributed by atoms with Crippen LogP contribution in [0.4, 0.5) is 4.39 Å². The zero-order valence-electron chi connectivity index (χ0n) is 15.3. The first-order chi connectivity index (χ1) is 14.0. The SMILES string of the molecule is CC1Oc2ccn3ncc(c3n2)C(=O)N(CC=O)CCOc2ccc(F)c(Cl)c21. The zero-order valence-corrected chi connectivity index (χ0v) is 16.1. The lowest BCUT2D eigenvalue weighted by Gasteiger charge is -2.21. The fourth-order valence-electron chi connectivity index (χ4n) is 3.16. The van der Waals surface area contributed by atoms with Gasteiger partial charge in [-0.1, -0.05) is 11.6 Å². The van der Waals surface area contributed by atoms with Crippen molar-refractivity contribution in [2.24, 2.45) is 0 Å². The molecule has 0 aliphatic carbocycles. The van der Waals surface area contributed by atoms with Crippen LogP contribution in [0.15, 0.2) is 30.6 Å². The molecule has 1 unspecified atom stereocenters. The van der Waals surface area contributed by atoms with Gasteiger partial charge in [0.25, 0.3) is 5.91 Å². The van der Waals surface area contributed by atoms with Crippen molar-refractivity contribution < 1.29 is 23.5 Å². The van der Waals surface area contributed by atoms with Crippen LogP contribution in [0.5, 0.6) is 11.6 Å². The van der Waals surface area contributed by atoms with Gasteiger partial charge in [0.15, 0.2) is 5.65 Å². The number of rotatable bonds is 2. The lowest BCUT2D eigenvalue weighted by molar-refractivity contribution is -0.108. The van der Waals surface area contributed by atoms with Crippen LogP contribution >= 0.6 is 11.6 Å². The Hall–Kier alpha value is -3.20. The van der Waals surface area contributed by atoms with E-state index in [1.165, 1.54) is 27.7 Å². The van der Waals surface area contributed by atoms with Crippen LogP contribution in [0.25, 0.3) is 5.65 Å². The van der Waals surface area contributed by atoms with Crippen LogP contribution in [0.2, 0.25) is 5.02 Å². The van der Waals surface area contributed by atoms with E-state index in [0.717, 1.165) is 0 Å². The van der Waals surface area contributed by atoms with Crippen molar-refractivity contribution in [3.63, 3.8) is 0 Å². The number of hydrogen-bond acceptors (Lipinski definition) is 6. The maximum absolute atomic E-state index is 14.1. The molecule has 10 heteroatoms. The number of carbonyl (C=O) groups is 2. The minimum Gasteiger partial charge on any atom is -0.491 e. The van der Waals surface area contributed by atoms with Crippen molar-refractivity contribution in [3.8, 4) is 11.6 Å². The van der Waals surface area contributed by atoms with Crippen LogP contribution in [0.1, 0.15) is 28.9 Å². The third kappa shape index (κ3) is 3.49. The van der Waals surface area contributed by atoms with Gasteiger partial charge < -0.3 is 19.2 Å². The van der Waals surface area contributed by atoms with Gasteiger partial charge in [-0.2, -0.15) is 10.1 Å². The molecule has 0 saturated heterocycles. The van der Waals surface area contributed by atoms with Crippen molar-refractivity contribution in [2.45, 2.75) is 13.0 Å². The maximum atomic E-state index is 14.1. The standard InChI is InChI=1S/C19H16ClFN4O4/c1-11-16-14(3-2-13(21)17(16)20)28-9-7-24(6-8-26)19(27)12-10-22-25-5-4-15(29-11)23-18(12)25/h2-5,8,10-11H,6-7,9H2,1H3. The first kappa shape index (κ1) is 19.1. The number of amides is 1. The fourth-order valence-corrected chi connectivity index (χ4v) is 3.47. The molecule has 8 nitrogen and oxygen atoms in total. The Morgan fingerprint density at radius 2 is 2.21 bits per heavy atom.